The minimum atomic E-state index is -0.128. The first kappa shape index (κ1) is 24.6. The summed E-state index contributed by atoms with van der Waals surface area (Å²) < 4.78 is 5.48. The van der Waals surface area contributed by atoms with Crippen LogP contribution in [0.15, 0.2) is 48.5 Å². The third-order valence-electron chi connectivity index (χ3n) is 7.32. The standard InChI is InChI=1S/C30H42O2/c1-4-6-7-8-9-30(31)32-29-20-18-28(19-21-29)27-16-14-26(15-17-27)25-12-10-24(11-13-25)22-23(3)5-2/h14-21,23-25H,4-13,22H2,1-3H3. The maximum absolute atomic E-state index is 12.0. The zero-order chi connectivity index (χ0) is 22.8. The molecular weight excluding hydrogens is 392 g/mol. The van der Waals surface area contributed by atoms with E-state index in [1.54, 1.807) is 0 Å². The predicted octanol–water partition coefficient (Wildman–Crippen LogP) is 8.94. The molecule has 1 fully saturated rings. The van der Waals surface area contributed by atoms with Crippen LogP contribution in [0.2, 0.25) is 0 Å². The number of ether oxygens (including phenoxy) is 1. The fourth-order valence-corrected chi connectivity index (χ4v) is 5.01. The largest absolute Gasteiger partial charge is 0.427 e. The highest BCUT2D eigenvalue weighted by Crippen LogP contribution is 2.39. The van der Waals surface area contributed by atoms with Crippen molar-refractivity contribution in [2.24, 2.45) is 11.8 Å². The SMILES string of the molecule is CCCCCCC(=O)Oc1ccc(-c2ccc(C3CCC(CC(C)CC)CC3)cc2)cc1. The van der Waals surface area contributed by atoms with Gasteiger partial charge in [-0.25, -0.2) is 0 Å². The molecule has 0 spiro atoms. The number of benzene rings is 2. The molecule has 1 saturated carbocycles. The van der Waals surface area contributed by atoms with Crippen molar-refractivity contribution in [3.05, 3.63) is 54.1 Å². The van der Waals surface area contributed by atoms with Gasteiger partial charge in [-0.2, -0.15) is 0 Å². The lowest BCUT2D eigenvalue weighted by atomic mass is 9.75. The lowest BCUT2D eigenvalue weighted by Crippen LogP contribution is -2.15. The summed E-state index contributed by atoms with van der Waals surface area (Å²) in [6, 6.07) is 17.0. The third kappa shape index (κ3) is 7.50. The van der Waals surface area contributed by atoms with Crippen molar-refractivity contribution in [1.82, 2.24) is 0 Å². The monoisotopic (exact) mass is 434 g/mol. The number of hydrogen-bond acceptors (Lipinski definition) is 2. The van der Waals surface area contributed by atoms with Gasteiger partial charge in [0.2, 0.25) is 0 Å². The van der Waals surface area contributed by atoms with E-state index in [1.807, 2.05) is 12.1 Å². The van der Waals surface area contributed by atoms with Crippen LogP contribution in [0.5, 0.6) is 5.75 Å². The fraction of sp³-hybridized carbons (Fsp3) is 0.567. The van der Waals surface area contributed by atoms with E-state index in [2.05, 4.69) is 57.2 Å². The van der Waals surface area contributed by atoms with Crippen LogP contribution in [0.4, 0.5) is 0 Å². The Hall–Kier alpha value is -2.09. The normalized spacial score (nSPS) is 19.5. The van der Waals surface area contributed by atoms with Gasteiger partial charge >= 0.3 is 5.97 Å². The molecule has 1 aliphatic rings. The highest BCUT2D eigenvalue weighted by atomic mass is 16.5. The molecule has 0 aromatic heterocycles. The Kier molecular flexibility index (Phi) is 9.84. The van der Waals surface area contributed by atoms with Crippen molar-refractivity contribution in [3.8, 4) is 16.9 Å². The molecule has 1 atom stereocenters. The van der Waals surface area contributed by atoms with Crippen molar-refractivity contribution in [1.29, 1.82) is 0 Å². The van der Waals surface area contributed by atoms with Crippen molar-refractivity contribution in [2.75, 3.05) is 0 Å². The van der Waals surface area contributed by atoms with E-state index in [9.17, 15) is 4.79 Å². The molecule has 2 aromatic rings. The van der Waals surface area contributed by atoms with Crippen LogP contribution in [-0.2, 0) is 4.79 Å². The first-order valence-electron chi connectivity index (χ1n) is 13.0. The maximum atomic E-state index is 12.0. The van der Waals surface area contributed by atoms with Gasteiger partial charge in [-0.1, -0.05) is 82.9 Å². The van der Waals surface area contributed by atoms with Crippen molar-refractivity contribution >= 4 is 5.97 Å². The van der Waals surface area contributed by atoms with Gasteiger partial charge in [0.25, 0.3) is 0 Å². The van der Waals surface area contributed by atoms with E-state index in [-0.39, 0.29) is 5.97 Å². The van der Waals surface area contributed by atoms with Crippen LogP contribution in [0.3, 0.4) is 0 Å². The van der Waals surface area contributed by atoms with Gasteiger partial charge in [0.1, 0.15) is 5.75 Å². The molecule has 174 valence electrons. The number of hydrogen-bond donors (Lipinski definition) is 0. The lowest BCUT2D eigenvalue weighted by Gasteiger charge is -2.30. The summed E-state index contributed by atoms with van der Waals surface area (Å²) in [5.74, 6) is 3.04. The van der Waals surface area contributed by atoms with Gasteiger partial charge in [-0.3, -0.25) is 4.79 Å². The number of carbonyl (C=O) groups is 1. The maximum Gasteiger partial charge on any atom is 0.311 e. The summed E-state index contributed by atoms with van der Waals surface area (Å²) in [7, 11) is 0. The molecule has 0 aliphatic heterocycles. The summed E-state index contributed by atoms with van der Waals surface area (Å²) in [4.78, 5) is 12.0. The van der Waals surface area contributed by atoms with E-state index in [0.717, 1.165) is 36.2 Å². The average molecular weight is 435 g/mol. The van der Waals surface area contributed by atoms with Crippen LogP contribution in [0.25, 0.3) is 11.1 Å². The smallest absolute Gasteiger partial charge is 0.311 e. The molecule has 32 heavy (non-hydrogen) atoms. The molecule has 3 rings (SSSR count). The number of carbonyl (C=O) groups excluding carboxylic acids is 1. The molecule has 0 N–H and O–H groups in total. The number of unbranched alkanes of at least 4 members (excludes halogenated alkanes) is 3. The molecule has 0 radical (unpaired) electrons. The van der Waals surface area contributed by atoms with Gasteiger partial charge in [0.15, 0.2) is 0 Å². The molecular formula is C30H42O2. The van der Waals surface area contributed by atoms with E-state index < -0.39 is 0 Å². The van der Waals surface area contributed by atoms with E-state index in [4.69, 9.17) is 4.74 Å². The second-order valence-corrected chi connectivity index (χ2v) is 9.90. The van der Waals surface area contributed by atoms with E-state index >= 15 is 0 Å². The van der Waals surface area contributed by atoms with Gasteiger partial charge < -0.3 is 4.74 Å². The molecule has 2 nitrogen and oxygen atoms in total. The van der Waals surface area contributed by atoms with Gasteiger partial charge in [0.05, 0.1) is 0 Å². The zero-order valence-electron chi connectivity index (χ0n) is 20.4. The van der Waals surface area contributed by atoms with Gasteiger partial charge in [-0.15, -0.1) is 0 Å². The van der Waals surface area contributed by atoms with E-state index in [0.29, 0.717) is 12.2 Å². The molecule has 2 aromatic carbocycles. The summed E-state index contributed by atoms with van der Waals surface area (Å²) in [5.41, 5.74) is 3.87. The average Bonchev–Trinajstić information content (AvgIpc) is 2.83. The minimum Gasteiger partial charge on any atom is -0.427 e. The molecule has 0 bridgehead atoms. The summed E-state index contributed by atoms with van der Waals surface area (Å²) in [6.07, 6.45) is 13.0. The van der Waals surface area contributed by atoms with Crippen LogP contribution >= 0.6 is 0 Å². The van der Waals surface area contributed by atoms with Crippen molar-refractivity contribution < 1.29 is 9.53 Å². The van der Waals surface area contributed by atoms with Crippen LogP contribution in [0.1, 0.15) is 103 Å². The minimum absolute atomic E-state index is 0.128. The summed E-state index contributed by atoms with van der Waals surface area (Å²) in [6.45, 7) is 6.89. The highest BCUT2D eigenvalue weighted by Gasteiger charge is 2.23. The molecule has 2 heteroatoms. The Morgan fingerprint density at radius 2 is 1.50 bits per heavy atom. The van der Waals surface area contributed by atoms with Crippen LogP contribution < -0.4 is 4.74 Å². The third-order valence-corrected chi connectivity index (χ3v) is 7.32. The number of rotatable bonds is 11. The first-order chi connectivity index (χ1) is 15.6. The zero-order valence-corrected chi connectivity index (χ0v) is 20.4. The Balaban J connectivity index is 1.49. The fourth-order valence-electron chi connectivity index (χ4n) is 5.01. The van der Waals surface area contributed by atoms with Gasteiger partial charge in [0, 0.05) is 6.42 Å². The van der Waals surface area contributed by atoms with Crippen molar-refractivity contribution in [3.63, 3.8) is 0 Å². The highest BCUT2D eigenvalue weighted by molar-refractivity contribution is 5.73. The molecule has 0 saturated heterocycles. The first-order valence-corrected chi connectivity index (χ1v) is 13.0. The summed E-state index contributed by atoms with van der Waals surface area (Å²) >= 11 is 0. The Morgan fingerprint density at radius 3 is 2.09 bits per heavy atom. The molecule has 0 heterocycles. The molecule has 1 unspecified atom stereocenters. The van der Waals surface area contributed by atoms with Crippen LogP contribution in [-0.4, -0.2) is 5.97 Å². The quantitative estimate of drug-likeness (QED) is 0.200. The van der Waals surface area contributed by atoms with Crippen molar-refractivity contribution in [2.45, 2.75) is 97.3 Å². The van der Waals surface area contributed by atoms with Gasteiger partial charge in [-0.05, 0) is 85.1 Å². The second kappa shape index (κ2) is 12.8. The van der Waals surface area contributed by atoms with Crippen LogP contribution in [0, 0.1) is 11.8 Å². The Morgan fingerprint density at radius 1 is 0.875 bits per heavy atom. The topological polar surface area (TPSA) is 26.3 Å². The van der Waals surface area contributed by atoms with E-state index in [1.165, 1.54) is 62.5 Å². The number of esters is 1. The Labute approximate surface area is 195 Å². The molecule has 0 amide bonds. The predicted molar refractivity (Wildman–Crippen MR) is 135 cm³/mol. The summed E-state index contributed by atoms with van der Waals surface area (Å²) in [5, 5.41) is 0. The molecule has 1 aliphatic carbocycles. The lowest BCUT2D eigenvalue weighted by molar-refractivity contribution is -0.134. The second-order valence-electron chi connectivity index (χ2n) is 9.90. The Bertz CT molecular complexity index is 798.